The average Bonchev–Trinajstić information content (AvgIpc) is 2.66. The summed E-state index contributed by atoms with van der Waals surface area (Å²) in [6.45, 7) is 1.91. The lowest BCUT2D eigenvalue weighted by atomic mass is 9.99. The molecule has 8 nitrogen and oxygen atoms in total. The lowest BCUT2D eigenvalue weighted by molar-refractivity contribution is -0.384. The monoisotopic (exact) mass is 389 g/mol. The average molecular weight is 389 g/mol. The number of nitrogens with two attached hydrogens (primary N) is 1. The number of halogens is 1. The zero-order valence-corrected chi connectivity index (χ0v) is 15.2. The summed E-state index contributed by atoms with van der Waals surface area (Å²) in [5, 5.41) is 14.1. The Balaban J connectivity index is 2.20. The van der Waals surface area contributed by atoms with Crippen LogP contribution >= 0.6 is 0 Å². The second-order valence-corrected chi connectivity index (χ2v) is 6.01. The molecule has 0 aliphatic carbocycles. The summed E-state index contributed by atoms with van der Waals surface area (Å²) in [7, 11) is 0. The number of nitrogens with zero attached hydrogens (tertiary/aromatic N) is 1. The number of anilines is 1. The second kappa shape index (κ2) is 9.45. The van der Waals surface area contributed by atoms with Gasteiger partial charge >= 0.3 is 5.97 Å². The number of nitrogens with one attached hydrogen (secondary N) is 1. The van der Waals surface area contributed by atoms with Crippen molar-refractivity contribution in [2.24, 2.45) is 11.7 Å². The molecule has 0 aromatic heterocycles. The molecule has 148 valence electrons. The second-order valence-electron chi connectivity index (χ2n) is 6.01. The fourth-order valence-electron chi connectivity index (χ4n) is 2.62. The van der Waals surface area contributed by atoms with Crippen molar-refractivity contribution in [1.82, 2.24) is 0 Å². The van der Waals surface area contributed by atoms with Crippen LogP contribution in [0.4, 0.5) is 15.8 Å². The number of hydrogen-bond donors (Lipinski definition) is 2. The molecule has 0 radical (unpaired) electrons. The minimum atomic E-state index is -0.782. The summed E-state index contributed by atoms with van der Waals surface area (Å²) in [5.74, 6) is -2.30. The van der Waals surface area contributed by atoms with Gasteiger partial charge in [0.25, 0.3) is 5.69 Å². The molecule has 1 amide bonds. The number of hydrogen-bond acceptors (Lipinski definition) is 6. The standard InChI is InChI=1S/C19H20FN3O5/c1-2-28-19(25)14(9-12-3-6-15(20)7-4-12)11-22-16-8-5-13(18(21)24)10-17(16)23(26)27/h3-8,10,14,22H,2,9,11H2,1H3,(H2,21,24). The molecule has 0 aliphatic heterocycles. The minimum absolute atomic E-state index is 0.00510. The number of carbonyl (C=O) groups excluding carboxylic acids is 2. The molecule has 0 saturated heterocycles. The number of esters is 1. The molecule has 1 atom stereocenters. The molecule has 28 heavy (non-hydrogen) atoms. The quantitative estimate of drug-likeness (QED) is 0.386. The van der Waals surface area contributed by atoms with Crippen LogP contribution in [-0.4, -0.2) is 30.0 Å². The van der Waals surface area contributed by atoms with Gasteiger partial charge in [-0.15, -0.1) is 0 Å². The molecule has 0 saturated carbocycles. The zero-order chi connectivity index (χ0) is 20.7. The van der Waals surface area contributed by atoms with Crippen molar-refractivity contribution in [3.05, 3.63) is 69.5 Å². The van der Waals surface area contributed by atoms with E-state index in [1.165, 1.54) is 24.3 Å². The Labute approximate surface area is 160 Å². The van der Waals surface area contributed by atoms with Crippen LogP contribution in [0.15, 0.2) is 42.5 Å². The number of rotatable bonds is 9. The topological polar surface area (TPSA) is 125 Å². The van der Waals surface area contributed by atoms with E-state index < -0.39 is 22.7 Å². The highest BCUT2D eigenvalue weighted by molar-refractivity contribution is 5.94. The van der Waals surface area contributed by atoms with E-state index in [9.17, 15) is 24.1 Å². The lowest BCUT2D eigenvalue weighted by Gasteiger charge is -2.17. The Hall–Kier alpha value is -3.49. The summed E-state index contributed by atoms with van der Waals surface area (Å²) >= 11 is 0. The molecule has 0 heterocycles. The van der Waals surface area contributed by atoms with E-state index >= 15 is 0 Å². The van der Waals surface area contributed by atoms with Crippen LogP contribution < -0.4 is 11.1 Å². The normalized spacial score (nSPS) is 11.5. The Morgan fingerprint density at radius 2 is 1.93 bits per heavy atom. The molecule has 9 heteroatoms. The molecule has 2 aromatic carbocycles. The molecule has 0 spiro atoms. The van der Waals surface area contributed by atoms with E-state index in [0.29, 0.717) is 0 Å². The Morgan fingerprint density at radius 3 is 2.50 bits per heavy atom. The van der Waals surface area contributed by atoms with Gasteiger partial charge in [-0.1, -0.05) is 12.1 Å². The third-order valence-corrected chi connectivity index (χ3v) is 4.03. The number of benzene rings is 2. The minimum Gasteiger partial charge on any atom is -0.466 e. The molecule has 0 aliphatic rings. The van der Waals surface area contributed by atoms with Crippen molar-refractivity contribution in [3.63, 3.8) is 0 Å². The zero-order valence-electron chi connectivity index (χ0n) is 15.2. The van der Waals surface area contributed by atoms with Gasteiger partial charge in [-0.3, -0.25) is 19.7 Å². The van der Waals surface area contributed by atoms with Gasteiger partial charge in [-0.2, -0.15) is 0 Å². The van der Waals surface area contributed by atoms with Gasteiger partial charge in [-0.25, -0.2) is 4.39 Å². The number of ether oxygens (including phenoxy) is 1. The summed E-state index contributed by atoms with van der Waals surface area (Å²) in [6.07, 6.45) is 0.263. The maximum absolute atomic E-state index is 13.1. The summed E-state index contributed by atoms with van der Waals surface area (Å²) in [4.78, 5) is 34.1. The molecular weight excluding hydrogens is 369 g/mol. The number of primary amides is 1. The molecule has 0 bridgehead atoms. The first-order valence-corrected chi connectivity index (χ1v) is 8.55. The lowest BCUT2D eigenvalue weighted by Crippen LogP contribution is -2.27. The number of amides is 1. The Morgan fingerprint density at radius 1 is 1.25 bits per heavy atom. The van der Waals surface area contributed by atoms with E-state index in [2.05, 4.69) is 5.32 Å². The van der Waals surface area contributed by atoms with Crippen molar-refractivity contribution in [1.29, 1.82) is 0 Å². The highest BCUT2D eigenvalue weighted by atomic mass is 19.1. The van der Waals surface area contributed by atoms with E-state index in [1.54, 1.807) is 19.1 Å². The van der Waals surface area contributed by atoms with Crippen LogP contribution in [-0.2, 0) is 16.0 Å². The first kappa shape index (κ1) is 20.8. The van der Waals surface area contributed by atoms with Crippen LogP contribution in [0.2, 0.25) is 0 Å². The number of carbonyl (C=O) groups is 2. The smallest absolute Gasteiger partial charge is 0.311 e. The van der Waals surface area contributed by atoms with E-state index in [0.717, 1.165) is 11.6 Å². The highest BCUT2D eigenvalue weighted by Crippen LogP contribution is 2.26. The predicted molar refractivity (Wildman–Crippen MR) is 100 cm³/mol. The van der Waals surface area contributed by atoms with Gasteiger partial charge in [0.1, 0.15) is 11.5 Å². The predicted octanol–water partition coefficient (Wildman–Crippen LogP) is 2.67. The van der Waals surface area contributed by atoms with Crippen LogP contribution in [0.1, 0.15) is 22.8 Å². The third kappa shape index (κ3) is 5.50. The first-order valence-electron chi connectivity index (χ1n) is 8.55. The van der Waals surface area contributed by atoms with E-state index in [4.69, 9.17) is 10.5 Å². The number of nitro groups is 1. The van der Waals surface area contributed by atoms with E-state index in [1.807, 2.05) is 0 Å². The van der Waals surface area contributed by atoms with Crippen LogP contribution in [0.25, 0.3) is 0 Å². The largest absolute Gasteiger partial charge is 0.466 e. The van der Waals surface area contributed by atoms with Crippen LogP contribution in [0, 0.1) is 21.8 Å². The van der Waals surface area contributed by atoms with Crippen molar-refractivity contribution in [3.8, 4) is 0 Å². The van der Waals surface area contributed by atoms with Crippen molar-refractivity contribution in [2.45, 2.75) is 13.3 Å². The maximum Gasteiger partial charge on any atom is 0.311 e. The van der Waals surface area contributed by atoms with Gasteiger partial charge < -0.3 is 15.8 Å². The molecular formula is C19H20FN3O5. The van der Waals surface area contributed by atoms with Gasteiger partial charge in [0.15, 0.2) is 0 Å². The van der Waals surface area contributed by atoms with Gasteiger partial charge in [0.05, 0.1) is 17.4 Å². The third-order valence-electron chi connectivity index (χ3n) is 4.03. The van der Waals surface area contributed by atoms with Crippen LogP contribution in [0.5, 0.6) is 0 Å². The fraction of sp³-hybridized carbons (Fsp3) is 0.263. The Bertz CT molecular complexity index is 870. The molecule has 0 fully saturated rings. The molecule has 2 rings (SSSR count). The summed E-state index contributed by atoms with van der Waals surface area (Å²) in [6, 6.07) is 9.49. The fourth-order valence-corrected chi connectivity index (χ4v) is 2.62. The molecule has 2 aromatic rings. The van der Waals surface area contributed by atoms with E-state index in [-0.39, 0.29) is 42.3 Å². The number of nitro benzene ring substituents is 1. The van der Waals surface area contributed by atoms with Crippen molar-refractivity contribution < 1.29 is 23.6 Å². The van der Waals surface area contributed by atoms with Gasteiger partial charge in [0.2, 0.25) is 5.91 Å². The van der Waals surface area contributed by atoms with Gasteiger partial charge in [0, 0.05) is 18.2 Å². The highest BCUT2D eigenvalue weighted by Gasteiger charge is 2.23. The summed E-state index contributed by atoms with van der Waals surface area (Å²) < 4.78 is 18.2. The molecule has 1 unspecified atom stereocenters. The first-order chi connectivity index (χ1) is 13.3. The van der Waals surface area contributed by atoms with Crippen molar-refractivity contribution in [2.75, 3.05) is 18.5 Å². The Kier molecular flexibility index (Phi) is 7.02. The van der Waals surface area contributed by atoms with Crippen LogP contribution in [0.3, 0.4) is 0 Å². The van der Waals surface area contributed by atoms with Crippen molar-refractivity contribution >= 4 is 23.3 Å². The molecule has 3 N–H and O–H groups in total. The maximum atomic E-state index is 13.1. The summed E-state index contributed by atoms with van der Waals surface area (Å²) in [5.41, 5.74) is 5.69. The SMILES string of the molecule is CCOC(=O)C(CNc1ccc(C(N)=O)cc1[N+](=O)[O-])Cc1ccc(F)cc1. The van der Waals surface area contributed by atoms with Gasteiger partial charge in [-0.05, 0) is 43.2 Å².